The molecule has 0 N–H and O–H groups in total. The Labute approximate surface area is 111 Å². The van der Waals surface area contributed by atoms with Crippen LogP contribution >= 0.6 is 11.3 Å². The molecule has 0 bridgehead atoms. The van der Waals surface area contributed by atoms with E-state index in [1.54, 1.807) is 13.8 Å². The molecule has 0 aliphatic rings. The van der Waals surface area contributed by atoms with Gasteiger partial charge in [-0.1, -0.05) is 6.07 Å². The highest BCUT2D eigenvalue weighted by Crippen LogP contribution is 2.22. The zero-order valence-corrected chi connectivity index (χ0v) is 11.0. The second-order valence-electron chi connectivity index (χ2n) is 3.93. The molecule has 19 heavy (non-hydrogen) atoms. The summed E-state index contributed by atoms with van der Waals surface area (Å²) in [4.78, 5) is 12.6. The van der Waals surface area contributed by atoms with Crippen molar-refractivity contribution in [3.05, 3.63) is 39.8 Å². The fraction of sp³-hybridized carbons (Fsp3) is 0.273. The summed E-state index contributed by atoms with van der Waals surface area (Å²) in [6.07, 6.45) is 0. The Bertz CT molecular complexity index is 740. The minimum Gasteiger partial charge on any atom is -0.423 e. The minimum atomic E-state index is -0.549. The smallest absolute Gasteiger partial charge is 0.423 e. The topological polar surface area (TPSA) is 87.0 Å². The lowest BCUT2D eigenvalue weighted by molar-refractivity contribution is 0.377. The lowest BCUT2D eigenvalue weighted by Crippen LogP contribution is -2.21. The van der Waals surface area contributed by atoms with E-state index >= 15 is 0 Å². The molecule has 3 aromatic heterocycles. The van der Waals surface area contributed by atoms with Gasteiger partial charge in [0.2, 0.25) is 11.8 Å². The first-order valence-electron chi connectivity index (χ1n) is 5.58. The first-order chi connectivity index (χ1) is 9.15. The van der Waals surface area contributed by atoms with Crippen molar-refractivity contribution in [2.75, 3.05) is 0 Å². The highest BCUT2D eigenvalue weighted by molar-refractivity contribution is 7.13. The Morgan fingerprint density at radius 3 is 2.84 bits per heavy atom. The first-order valence-corrected chi connectivity index (χ1v) is 6.46. The maximum atomic E-state index is 11.8. The van der Waals surface area contributed by atoms with Crippen LogP contribution in [0, 0.1) is 6.92 Å². The van der Waals surface area contributed by atoms with E-state index in [0.29, 0.717) is 17.7 Å². The van der Waals surface area contributed by atoms with Gasteiger partial charge in [-0.15, -0.1) is 26.6 Å². The van der Waals surface area contributed by atoms with Gasteiger partial charge in [0, 0.05) is 6.92 Å². The summed E-state index contributed by atoms with van der Waals surface area (Å²) in [5.41, 5.74) is 0. The third-order valence-corrected chi connectivity index (χ3v) is 3.43. The van der Waals surface area contributed by atoms with Crippen molar-refractivity contribution in [3.8, 4) is 10.8 Å². The molecule has 0 aromatic carbocycles. The molecule has 3 rings (SSSR count). The Morgan fingerprint density at radius 1 is 1.37 bits per heavy atom. The fourth-order valence-corrected chi connectivity index (χ4v) is 2.26. The summed E-state index contributed by atoms with van der Waals surface area (Å²) in [5, 5.41) is 13.7. The molecular formula is C11H10N4O3S. The van der Waals surface area contributed by atoms with Gasteiger partial charge in [-0.3, -0.25) is 0 Å². The van der Waals surface area contributed by atoms with Crippen molar-refractivity contribution in [3.63, 3.8) is 0 Å². The molecule has 0 amide bonds. The number of nitrogens with zero attached hydrogens (tertiary/aromatic N) is 4. The summed E-state index contributed by atoms with van der Waals surface area (Å²) in [5.74, 6) is 0.511. The Kier molecular flexibility index (Phi) is 2.79. The van der Waals surface area contributed by atoms with Crippen LogP contribution in [0.1, 0.15) is 24.7 Å². The predicted molar refractivity (Wildman–Crippen MR) is 66.9 cm³/mol. The second kappa shape index (κ2) is 4.47. The van der Waals surface area contributed by atoms with Gasteiger partial charge in [-0.2, -0.15) is 4.68 Å². The number of rotatable bonds is 3. The van der Waals surface area contributed by atoms with Crippen LogP contribution in [-0.2, 0) is 0 Å². The van der Waals surface area contributed by atoms with Crippen molar-refractivity contribution in [2.24, 2.45) is 0 Å². The van der Waals surface area contributed by atoms with Gasteiger partial charge < -0.3 is 8.83 Å². The zero-order valence-electron chi connectivity index (χ0n) is 10.2. The van der Waals surface area contributed by atoms with Crippen molar-refractivity contribution in [1.82, 2.24) is 20.0 Å². The zero-order chi connectivity index (χ0) is 13.4. The van der Waals surface area contributed by atoms with E-state index in [1.165, 1.54) is 16.0 Å². The van der Waals surface area contributed by atoms with Gasteiger partial charge in [-0.05, 0) is 18.4 Å². The molecule has 0 radical (unpaired) electrons. The molecule has 3 heterocycles. The van der Waals surface area contributed by atoms with E-state index in [9.17, 15) is 4.79 Å². The summed E-state index contributed by atoms with van der Waals surface area (Å²) in [6.45, 7) is 3.43. The molecule has 0 spiro atoms. The van der Waals surface area contributed by atoms with Crippen LogP contribution in [0.25, 0.3) is 10.8 Å². The van der Waals surface area contributed by atoms with Crippen molar-refractivity contribution < 1.29 is 8.83 Å². The summed E-state index contributed by atoms with van der Waals surface area (Å²) in [7, 11) is 0. The average Bonchev–Trinajstić information content (AvgIpc) is 3.07. The van der Waals surface area contributed by atoms with Crippen molar-refractivity contribution in [2.45, 2.75) is 19.9 Å². The van der Waals surface area contributed by atoms with Crippen LogP contribution in [0.4, 0.5) is 0 Å². The van der Waals surface area contributed by atoms with Gasteiger partial charge in [0.05, 0.1) is 4.88 Å². The number of aromatic nitrogens is 4. The number of hydrogen-bond acceptors (Lipinski definition) is 7. The molecule has 3 aromatic rings. The lowest BCUT2D eigenvalue weighted by atomic mass is 10.3. The van der Waals surface area contributed by atoms with E-state index < -0.39 is 11.8 Å². The van der Waals surface area contributed by atoms with Crippen LogP contribution in [0.3, 0.4) is 0 Å². The highest BCUT2D eigenvalue weighted by atomic mass is 32.1. The summed E-state index contributed by atoms with van der Waals surface area (Å²) in [6, 6.07) is 3.23. The Hall–Kier alpha value is -2.22. The van der Waals surface area contributed by atoms with Crippen molar-refractivity contribution in [1.29, 1.82) is 0 Å². The number of hydrogen-bond donors (Lipinski definition) is 0. The summed E-state index contributed by atoms with van der Waals surface area (Å²) < 4.78 is 11.6. The highest BCUT2D eigenvalue weighted by Gasteiger charge is 2.21. The van der Waals surface area contributed by atoms with Crippen LogP contribution in [-0.4, -0.2) is 20.0 Å². The van der Waals surface area contributed by atoms with Gasteiger partial charge >= 0.3 is 5.76 Å². The first kappa shape index (κ1) is 11.8. The van der Waals surface area contributed by atoms with E-state index in [2.05, 4.69) is 15.3 Å². The Morgan fingerprint density at radius 2 is 2.21 bits per heavy atom. The third kappa shape index (κ3) is 2.10. The lowest BCUT2D eigenvalue weighted by Gasteiger charge is -2.03. The monoisotopic (exact) mass is 278 g/mol. The molecule has 8 heteroatoms. The molecule has 0 aliphatic heterocycles. The predicted octanol–water partition coefficient (Wildman–Crippen LogP) is 1.87. The molecule has 0 fully saturated rings. The van der Waals surface area contributed by atoms with Crippen molar-refractivity contribution >= 4 is 11.3 Å². The molecule has 98 valence electrons. The molecule has 0 saturated heterocycles. The van der Waals surface area contributed by atoms with Crippen LogP contribution in [0.2, 0.25) is 0 Å². The minimum absolute atomic E-state index is 0.295. The fourth-order valence-electron chi connectivity index (χ4n) is 1.62. The van der Waals surface area contributed by atoms with Gasteiger partial charge in [-0.25, -0.2) is 4.79 Å². The van der Waals surface area contributed by atoms with Gasteiger partial charge in [0.15, 0.2) is 0 Å². The van der Waals surface area contributed by atoms with E-state index in [0.717, 1.165) is 4.88 Å². The van der Waals surface area contributed by atoms with Gasteiger partial charge in [0.1, 0.15) is 6.04 Å². The molecular weight excluding hydrogens is 268 g/mol. The standard InChI is InChI=1S/C11H10N4O3S/c1-6(9-13-12-7(2)17-9)15-11(16)18-10(14-15)8-4-3-5-19-8/h3-6H,1-2H3. The van der Waals surface area contributed by atoms with Crippen LogP contribution in [0.5, 0.6) is 0 Å². The second-order valence-corrected chi connectivity index (χ2v) is 4.88. The Balaban J connectivity index is 2.00. The summed E-state index contributed by atoms with van der Waals surface area (Å²) >= 11 is 1.45. The quantitative estimate of drug-likeness (QED) is 0.726. The van der Waals surface area contributed by atoms with Crippen LogP contribution in [0.15, 0.2) is 31.1 Å². The van der Waals surface area contributed by atoms with Crippen LogP contribution < -0.4 is 5.76 Å². The maximum absolute atomic E-state index is 11.8. The molecule has 0 aliphatic carbocycles. The number of thiophene rings is 1. The maximum Gasteiger partial charge on any atom is 0.438 e. The van der Waals surface area contributed by atoms with E-state index in [4.69, 9.17) is 8.83 Å². The molecule has 1 atom stereocenters. The molecule has 1 unspecified atom stereocenters. The number of aryl methyl sites for hydroxylation is 1. The van der Waals surface area contributed by atoms with E-state index in [1.807, 2.05) is 17.5 Å². The SMILES string of the molecule is Cc1nnc(C(C)n2nc(-c3cccs3)oc2=O)o1. The average molecular weight is 278 g/mol. The largest absolute Gasteiger partial charge is 0.438 e. The molecule has 7 nitrogen and oxygen atoms in total. The van der Waals surface area contributed by atoms with Gasteiger partial charge in [0.25, 0.3) is 5.89 Å². The van der Waals surface area contributed by atoms with E-state index in [-0.39, 0.29) is 0 Å². The third-order valence-electron chi connectivity index (χ3n) is 2.57. The molecule has 0 saturated carbocycles. The normalized spacial score (nSPS) is 12.7.